The maximum absolute atomic E-state index is 6.13. The summed E-state index contributed by atoms with van der Waals surface area (Å²) in [6.07, 6.45) is 0. The maximum Gasteiger partial charge on any atom is 0.0446 e. The van der Waals surface area contributed by atoms with Crippen LogP contribution in [0, 0.1) is 0 Å². The molecular weight excluding hydrogens is 250 g/mol. The van der Waals surface area contributed by atoms with E-state index in [2.05, 4.69) is 39.1 Å². The first-order valence-corrected chi connectivity index (χ1v) is 7.41. The van der Waals surface area contributed by atoms with Crippen molar-refractivity contribution in [3.05, 3.63) is 34.9 Å². The zero-order chi connectivity index (χ0) is 12.9. The predicted octanol–water partition coefficient (Wildman–Crippen LogP) is 4.35. The van der Waals surface area contributed by atoms with Gasteiger partial charge in [-0.3, -0.25) is 0 Å². The molecule has 0 radical (unpaired) electrons. The van der Waals surface area contributed by atoms with Gasteiger partial charge in [-0.05, 0) is 32.4 Å². The van der Waals surface area contributed by atoms with E-state index in [0.717, 1.165) is 17.3 Å². The van der Waals surface area contributed by atoms with Crippen molar-refractivity contribution in [2.45, 2.75) is 44.2 Å². The summed E-state index contributed by atoms with van der Waals surface area (Å²) in [6.45, 7) is 9.86. The minimum atomic E-state index is 0.194. The first-order chi connectivity index (χ1) is 7.88. The van der Waals surface area contributed by atoms with E-state index in [4.69, 9.17) is 11.6 Å². The first kappa shape index (κ1) is 14.9. The Morgan fingerprint density at radius 2 is 1.94 bits per heavy atom. The van der Waals surface area contributed by atoms with Gasteiger partial charge in [-0.2, -0.15) is 11.8 Å². The highest BCUT2D eigenvalue weighted by molar-refractivity contribution is 7.99. The molecule has 0 aliphatic carbocycles. The lowest BCUT2D eigenvalue weighted by Gasteiger charge is -2.23. The normalized spacial score (nSPS) is 13.7. The van der Waals surface area contributed by atoms with Gasteiger partial charge in [0.05, 0.1) is 0 Å². The van der Waals surface area contributed by atoms with E-state index in [9.17, 15) is 0 Å². The molecule has 1 aromatic rings. The van der Waals surface area contributed by atoms with E-state index < -0.39 is 0 Å². The van der Waals surface area contributed by atoms with E-state index in [0.29, 0.717) is 5.25 Å². The molecule has 3 heteroatoms. The highest BCUT2D eigenvalue weighted by Crippen LogP contribution is 2.23. The van der Waals surface area contributed by atoms with Crippen LogP contribution in [-0.4, -0.2) is 17.3 Å². The van der Waals surface area contributed by atoms with Gasteiger partial charge in [-0.1, -0.05) is 36.7 Å². The van der Waals surface area contributed by atoms with Crippen molar-refractivity contribution in [1.29, 1.82) is 0 Å². The lowest BCUT2D eigenvalue weighted by Crippen LogP contribution is -2.39. The van der Waals surface area contributed by atoms with Gasteiger partial charge in [0.25, 0.3) is 0 Å². The minimum absolute atomic E-state index is 0.194. The monoisotopic (exact) mass is 271 g/mol. The zero-order valence-electron chi connectivity index (χ0n) is 11.1. The van der Waals surface area contributed by atoms with E-state index in [-0.39, 0.29) is 5.54 Å². The van der Waals surface area contributed by atoms with Crippen LogP contribution in [0.1, 0.15) is 33.3 Å². The number of nitrogens with one attached hydrogen (secondary N) is 1. The van der Waals surface area contributed by atoms with Crippen LogP contribution in [0.2, 0.25) is 5.02 Å². The predicted molar refractivity (Wildman–Crippen MR) is 80.0 cm³/mol. The molecule has 0 aliphatic rings. The quantitative estimate of drug-likeness (QED) is 0.855. The molecule has 1 N–H and O–H groups in total. The zero-order valence-corrected chi connectivity index (χ0v) is 12.7. The number of halogens is 1. The SMILES string of the molecule is CC(CNC(C)(C)C)SCc1ccccc1Cl. The average Bonchev–Trinajstić information content (AvgIpc) is 2.24. The maximum atomic E-state index is 6.13. The molecule has 0 saturated carbocycles. The smallest absolute Gasteiger partial charge is 0.0446 e. The third-order valence-electron chi connectivity index (χ3n) is 2.40. The fourth-order valence-corrected chi connectivity index (χ4v) is 2.56. The summed E-state index contributed by atoms with van der Waals surface area (Å²) in [7, 11) is 0. The Labute approximate surface area is 114 Å². The van der Waals surface area contributed by atoms with Crippen molar-refractivity contribution in [3.63, 3.8) is 0 Å². The Hall–Kier alpha value is -0.180. The van der Waals surface area contributed by atoms with Crippen molar-refractivity contribution in [1.82, 2.24) is 5.32 Å². The molecule has 0 spiro atoms. The van der Waals surface area contributed by atoms with Crippen LogP contribution >= 0.6 is 23.4 Å². The van der Waals surface area contributed by atoms with Crippen LogP contribution in [-0.2, 0) is 5.75 Å². The molecule has 0 fully saturated rings. The van der Waals surface area contributed by atoms with Crippen LogP contribution in [0.15, 0.2) is 24.3 Å². The lowest BCUT2D eigenvalue weighted by molar-refractivity contribution is 0.429. The Kier molecular flexibility index (Phi) is 5.84. The molecule has 0 heterocycles. The molecule has 17 heavy (non-hydrogen) atoms. The van der Waals surface area contributed by atoms with Crippen LogP contribution in [0.25, 0.3) is 0 Å². The van der Waals surface area contributed by atoms with Gasteiger partial charge in [0.1, 0.15) is 0 Å². The van der Waals surface area contributed by atoms with Crippen molar-refractivity contribution in [2.75, 3.05) is 6.54 Å². The number of hydrogen-bond acceptors (Lipinski definition) is 2. The summed E-state index contributed by atoms with van der Waals surface area (Å²) >= 11 is 8.07. The van der Waals surface area contributed by atoms with Gasteiger partial charge in [0, 0.05) is 28.1 Å². The topological polar surface area (TPSA) is 12.0 Å². The van der Waals surface area contributed by atoms with Gasteiger partial charge < -0.3 is 5.32 Å². The molecule has 0 aliphatic heterocycles. The average molecular weight is 272 g/mol. The highest BCUT2D eigenvalue weighted by Gasteiger charge is 2.11. The highest BCUT2D eigenvalue weighted by atomic mass is 35.5. The number of hydrogen-bond donors (Lipinski definition) is 1. The Morgan fingerprint density at radius 3 is 2.53 bits per heavy atom. The summed E-state index contributed by atoms with van der Waals surface area (Å²) in [5, 5.41) is 4.98. The van der Waals surface area contributed by atoms with Crippen LogP contribution in [0.3, 0.4) is 0 Å². The Morgan fingerprint density at radius 1 is 1.29 bits per heavy atom. The lowest BCUT2D eigenvalue weighted by atomic mass is 10.1. The van der Waals surface area contributed by atoms with Gasteiger partial charge in [-0.25, -0.2) is 0 Å². The summed E-state index contributed by atoms with van der Waals surface area (Å²) < 4.78 is 0. The molecule has 0 amide bonds. The third-order valence-corrected chi connectivity index (χ3v) is 3.98. The molecule has 96 valence electrons. The van der Waals surface area contributed by atoms with Gasteiger partial charge in [-0.15, -0.1) is 0 Å². The van der Waals surface area contributed by atoms with Gasteiger partial charge in [0.2, 0.25) is 0 Å². The van der Waals surface area contributed by atoms with Crippen LogP contribution < -0.4 is 5.32 Å². The van der Waals surface area contributed by atoms with Crippen molar-refractivity contribution < 1.29 is 0 Å². The first-order valence-electron chi connectivity index (χ1n) is 5.98. The van der Waals surface area contributed by atoms with Crippen molar-refractivity contribution in [3.8, 4) is 0 Å². The standard InChI is InChI=1S/C14H22ClNS/c1-11(9-16-14(2,3)4)17-10-12-7-5-6-8-13(12)15/h5-8,11,16H,9-10H2,1-4H3. The number of rotatable bonds is 5. The van der Waals surface area contributed by atoms with E-state index in [1.54, 1.807) is 0 Å². The fraction of sp³-hybridized carbons (Fsp3) is 0.571. The second-order valence-electron chi connectivity index (χ2n) is 5.34. The van der Waals surface area contributed by atoms with Crippen molar-refractivity contribution in [2.24, 2.45) is 0 Å². The fourth-order valence-electron chi connectivity index (χ4n) is 1.36. The molecule has 1 nitrogen and oxygen atoms in total. The minimum Gasteiger partial charge on any atom is -0.311 e. The van der Waals surface area contributed by atoms with E-state index in [1.165, 1.54) is 5.56 Å². The van der Waals surface area contributed by atoms with Crippen LogP contribution in [0.4, 0.5) is 0 Å². The summed E-state index contributed by atoms with van der Waals surface area (Å²) in [5.74, 6) is 0.979. The molecule has 1 unspecified atom stereocenters. The van der Waals surface area contributed by atoms with Crippen LogP contribution in [0.5, 0.6) is 0 Å². The molecule has 0 saturated heterocycles. The summed E-state index contributed by atoms with van der Waals surface area (Å²) in [6, 6.07) is 8.07. The summed E-state index contributed by atoms with van der Waals surface area (Å²) in [4.78, 5) is 0. The molecule has 1 rings (SSSR count). The van der Waals surface area contributed by atoms with E-state index >= 15 is 0 Å². The molecule has 0 bridgehead atoms. The second kappa shape index (κ2) is 6.67. The van der Waals surface area contributed by atoms with Gasteiger partial charge in [0.15, 0.2) is 0 Å². The number of thioether (sulfide) groups is 1. The Balaban J connectivity index is 2.34. The molecule has 0 aromatic heterocycles. The summed E-state index contributed by atoms with van der Waals surface area (Å²) in [5.41, 5.74) is 1.42. The number of benzene rings is 1. The molecular formula is C14H22ClNS. The second-order valence-corrected chi connectivity index (χ2v) is 7.18. The Bertz CT molecular complexity index is 346. The van der Waals surface area contributed by atoms with E-state index in [1.807, 2.05) is 30.0 Å². The van der Waals surface area contributed by atoms with Gasteiger partial charge >= 0.3 is 0 Å². The molecule has 1 atom stereocenters. The third kappa shape index (κ3) is 6.35. The molecule has 1 aromatic carbocycles. The van der Waals surface area contributed by atoms with Crippen molar-refractivity contribution >= 4 is 23.4 Å². The largest absolute Gasteiger partial charge is 0.311 e.